The van der Waals surface area contributed by atoms with Gasteiger partial charge in [0.25, 0.3) is 0 Å². The second-order valence-electron chi connectivity index (χ2n) is 3.31. The van der Waals surface area contributed by atoms with Crippen molar-refractivity contribution in [3.63, 3.8) is 0 Å². The van der Waals surface area contributed by atoms with Crippen LogP contribution in [0.4, 0.5) is 13.2 Å². The molecule has 0 aliphatic carbocycles. The number of nitrogens with zero attached hydrogens (tertiary/aromatic N) is 1. The summed E-state index contributed by atoms with van der Waals surface area (Å²) in [7, 11) is -5.44. The summed E-state index contributed by atoms with van der Waals surface area (Å²) in [5, 5.41) is 9.33. The van der Waals surface area contributed by atoms with Gasteiger partial charge in [0.05, 0.1) is 5.52 Å². The number of rotatable bonds is 1. The molecule has 1 heterocycles. The van der Waals surface area contributed by atoms with Gasteiger partial charge in [0.2, 0.25) is 0 Å². The smallest absolute Gasteiger partial charge is 0.508 e. The molecule has 1 aromatic carbocycles. The third-order valence-corrected chi connectivity index (χ3v) is 3.61. The molecule has 0 spiro atoms. The van der Waals surface area contributed by atoms with Gasteiger partial charge in [0, 0.05) is 11.6 Å². The van der Waals surface area contributed by atoms with Crippen molar-refractivity contribution in [3.05, 3.63) is 30.5 Å². The van der Waals surface area contributed by atoms with Crippen LogP contribution in [0.1, 0.15) is 0 Å². The van der Waals surface area contributed by atoms with Crippen molar-refractivity contribution in [2.75, 3.05) is 0 Å². The predicted molar refractivity (Wildman–Crippen MR) is 54.0 cm³/mol. The minimum absolute atomic E-state index is 0.139. The standard InChI is InChI=1S/C9H6F3NO3S/c10-9(11,12)17(15,16)13-4-3-6-5-7(14)1-2-8(6)13/h1-5,14H. The van der Waals surface area contributed by atoms with Crippen LogP contribution in [0.25, 0.3) is 10.9 Å². The third kappa shape index (κ3) is 1.74. The number of alkyl halides is 3. The topological polar surface area (TPSA) is 59.3 Å². The first kappa shape index (κ1) is 11.8. The Labute approximate surface area is 93.9 Å². The lowest BCUT2D eigenvalue weighted by molar-refractivity contribution is -0.0445. The van der Waals surface area contributed by atoms with Crippen LogP contribution in [0.5, 0.6) is 5.75 Å². The van der Waals surface area contributed by atoms with E-state index in [4.69, 9.17) is 5.11 Å². The number of aromatic hydroxyl groups is 1. The summed E-state index contributed by atoms with van der Waals surface area (Å²) in [5.74, 6) is -0.153. The fourth-order valence-electron chi connectivity index (χ4n) is 1.43. The quantitative estimate of drug-likeness (QED) is 0.858. The van der Waals surface area contributed by atoms with E-state index in [1.54, 1.807) is 0 Å². The Kier molecular flexibility index (Phi) is 2.35. The summed E-state index contributed by atoms with van der Waals surface area (Å²) in [6.45, 7) is 0. The number of halogens is 3. The normalized spacial score (nSPS) is 13.1. The van der Waals surface area contributed by atoms with E-state index in [0.29, 0.717) is 0 Å². The number of benzene rings is 1. The van der Waals surface area contributed by atoms with Gasteiger partial charge in [0.1, 0.15) is 5.75 Å². The van der Waals surface area contributed by atoms with Gasteiger partial charge in [-0.1, -0.05) is 0 Å². The van der Waals surface area contributed by atoms with Gasteiger partial charge >= 0.3 is 15.5 Å². The van der Waals surface area contributed by atoms with E-state index < -0.39 is 15.5 Å². The Bertz CT molecular complexity index is 672. The van der Waals surface area contributed by atoms with Crippen LogP contribution in [0.3, 0.4) is 0 Å². The van der Waals surface area contributed by atoms with Crippen molar-refractivity contribution in [2.45, 2.75) is 5.51 Å². The first-order chi connectivity index (χ1) is 7.73. The van der Waals surface area contributed by atoms with Gasteiger partial charge in [-0.3, -0.25) is 0 Å². The monoisotopic (exact) mass is 265 g/mol. The molecule has 0 amide bonds. The molecule has 0 aliphatic rings. The van der Waals surface area contributed by atoms with Gasteiger partial charge in [-0.2, -0.15) is 21.6 Å². The van der Waals surface area contributed by atoms with Crippen molar-refractivity contribution in [2.24, 2.45) is 0 Å². The zero-order chi connectivity index (χ0) is 12.8. The van der Waals surface area contributed by atoms with Crippen molar-refractivity contribution in [3.8, 4) is 5.75 Å². The summed E-state index contributed by atoms with van der Waals surface area (Å²) >= 11 is 0. The van der Waals surface area contributed by atoms with Crippen LogP contribution in [-0.2, 0) is 10.0 Å². The molecule has 0 radical (unpaired) electrons. The molecular weight excluding hydrogens is 259 g/mol. The molecule has 0 unspecified atom stereocenters. The molecule has 0 aliphatic heterocycles. The SMILES string of the molecule is O=S(=O)(n1ccc2cc(O)ccc21)C(F)(F)F. The second-order valence-corrected chi connectivity index (χ2v) is 5.11. The maximum absolute atomic E-state index is 12.3. The molecule has 0 saturated heterocycles. The van der Waals surface area contributed by atoms with E-state index in [0.717, 1.165) is 18.3 Å². The average molecular weight is 265 g/mol. The molecule has 0 saturated carbocycles. The van der Waals surface area contributed by atoms with E-state index in [2.05, 4.69) is 0 Å². The Hall–Kier alpha value is -1.70. The summed E-state index contributed by atoms with van der Waals surface area (Å²) in [6.07, 6.45) is 0.799. The fourth-order valence-corrected chi connectivity index (χ4v) is 2.29. The molecule has 92 valence electrons. The van der Waals surface area contributed by atoms with Crippen molar-refractivity contribution < 1.29 is 26.7 Å². The minimum atomic E-state index is -5.44. The predicted octanol–water partition coefficient (Wildman–Crippen LogP) is 2.04. The van der Waals surface area contributed by atoms with Crippen LogP contribution in [0.15, 0.2) is 30.5 Å². The maximum Gasteiger partial charge on any atom is 0.517 e. The van der Waals surface area contributed by atoms with Crippen LogP contribution in [0, 0.1) is 0 Å². The first-order valence-electron chi connectivity index (χ1n) is 4.35. The lowest BCUT2D eigenvalue weighted by atomic mass is 10.2. The molecule has 2 aromatic rings. The summed E-state index contributed by atoms with van der Waals surface area (Å²) in [4.78, 5) is 0. The van der Waals surface area contributed by atoms with Gasteiger partial charge < -0.3 is 5.11 Å². The van der Waals surface area contributed by atoms with Crippen LogP contribution in [-0.4, -0.2) is 23.0 Å². The van der Waals surface area contributed by atoms with Crippen LogP contribution >= 0.6 is 0 Å². The van der Waals surface area contributed by atoms with E-state index in [9.17, 15) is 21.6 Å². The highest BCUT2D eigenvalue weighted by Crippen LogP contribution is 2.30. The van der Waals surface area contributed by atoms with Crippen molar-refractivity contribution >= 4 is 20.9 Å². The molecule has 1 aromatic heterocycles. The molecule has 17 heavy (non-hydrogen) atoms. The molecule has 2 rings (SSSR count). The third-order valence-electron chi connectivity index (χ3n) is 2.19. The highest BCUT2D eigenvalue weighted by molar-refractivity contribution is 7.90. The van der Waals surface area contributed by atoms with E-state index in [-0.39, 0.29) is 20.6 Å². The van der Waals surface area contributed by atoms with Crippen LogP contribution < -0.4 is 0 Å². The lowest BCUT2D eigenvalue weighted by Gasteiger charge is -2.09. The molecule has 4 nitrogen and oxygen atoms in total. The Balaban J connectivity index is 2.74. The summed E-state index contributed by atoms with van der Waals surface area (Å²) in [5.41, 5.74) is -5.50. The van der Waals surface area contributed by atoms with Crippen LogP contribution in [0.2, 0.25) is 0 Å². The Morgan fingerprint density at radius 3 is 2.41 bits per heavy atom. The van der Waals surface area contributed by atoms with Gasteiger partial charge in [-0.25, -0.2) is 3.97 Å². The number of fused-ring (bicyclic) bond motifs is 1. The van der Waals surface area contributed by atoms with Crippen molar-refractivity contribution in [1.29, 1.82) is 0 Å². The number of hydrogen-bond donors (Lipinski definition) is 1. The van der Waals surface area contributed by atoms with Gasteiger partial charge in [-0.15, -0.1) is 0 Å². The van der Waals surface area contributed by atoms with E-state index in [1.165, 1.54) is 12.1 Å². The fraction of sp³-hybridized carbons (Fsp3) is 0.111. The summed E-state index contributed by atoms with van der Waals surface area (Å²) < 4.78 is 59.6. The Morgan fingerprint density at radius 2 is 1.82 bits per heavy atom. The summed E-state index contributed by atoms with van der Waals surface area (Å²) in [6, 6.07) is 4.58. The highest BCUT2D eigenvalue weighted by Gasteiger charge is 2.47. The molecule has 0 atom stereocenters. The van der Waals surface area contributed by atoms with E-state index in [1.807, 2.05) is 0 Å². The second kappa shape index (κ2) is 3.39. The van der Waals surface area contributed by atoms with Gasteiger partial charge in [0.15, 0.2) is 0 Å². The molecular formula is C9H6F3NO3S. The Morgan fingerprint density at radius 1 is 1.18 bits per heavy atom. The number of phenolic OH excluding ortho intramolecular Hbond substituents is 1. The molecule has 0 bridgehead atoms. The molecule has 1 N–H and O–H groups in total. The van der Waals surface area contributed by atoms with Gasteiger partial charge in [-0.05, 0) is 24.3 Å². The van der Waals surface area contributed by atoms with Crippen molar-refractivity contribution in [1.82, 2.24) is 3.97 Å². The first-order valence-corrected chi connectivity index (χ1v) is 5.79. The molecule has 8 heteroatoms. The highest BCUT2D eigenvalue weighted by atomic mass is 32.2. The molecule has 0 fully saturated rings. The number of phenols is 1. The zero-order valence-corrected chi connectivity index (χ0v) is 8.96. The number of hydrogen-bond acceptors (Lipinski definition) is 3. The van der Waals surface area contributed by atoms with E-state index >= 15 is 0 Å². The average Bonchev–Trinajstić information content (AvgIpc) is 2.58. The lowest BCUT2D eigenvalue weighted by Crippen LogP contribution is -2.29. The largest absolute Gasteiger partial charge is 0.517 e. The maximum atomic E-state index is 12.3. The minimum Gasteiger partial charge on any atom is -0.508 e. The number of aromatic nitrogens is 1. The zero-order valence-electron chi connectivity index (χ0n) is 8.14.